The minimum absolute atomic E-state index is 0.0610. The van der Waals surface area contributed by atoms with Crippen LogP contribution in [0.25, 0.3) is 0 Å². The minimum atomic E-state index is -0.0610. The van der Waals surface area contributed by atoms with Crippen LogP contribution in [0, 0.1) is 0 Å². The first-order valence-electron chi connectivity index (χ1n) is 8.52. The summed E-state index contributed by atoms with van der Waals surface area (Å²) in [5.41, 5.74) is 2.34. The van der Waals surface area contributed by atoms with Gasteiger partial charge < -0.3 is 9.64 Å². The van der Waals surface area contributed by atoms with Crippen LogP contribution in [-0.2, 0) is 10.2 Å². The predicted molar refractivity (Wildman–Crippen MR) is 96.2 cm³/mol. The molecule has 2 atom stereocenters. The Morgan fingerprint density at radius 2 is 1.75 bits per heavy atom. The molecule has 0 aromatic heterocycles. The summed E-state index contributed by atoms with van der Waals surface area (Å²) in [4.78, 5) is 14.8. The van der Waals surface area contributed by atoms with E-state index in [1.807, 2.05) is 35.2 Å². The molecule has 1 aliphatic heterocycles. The van der Waals surface area contributed by atoms with Gasteiger partial charge in [-0.2, -0.15) is 0 Å². The fourth-order valence-corrected chi connectivity index (χ4v) is 3.57. The van der Waals surface area contributed by atoms with Crippen LogP contribution in [0.1, 0.15) is 43.9 Å². The number of benzene rings is 2. The number of carbonyl (C=O) groups excluding carboxylic acids is 1. The first-order chi connectivity index (χ1) is 11.5. The van der Waals surface area contributed by atoms with Gasteiger partial charge in [0, 0.05) is 18.4 Å². The molecule has 24 heavy (non-hydrogen) atoms. The molecule has 2 aromatic carbocycles. The van der Waals surface area contributed by atoms with Crippen LogP contribution in [0.15, 0.2) is 54.6 Å². The van der Waals surface area contributed by atoms with E-state index in [9.17, 15) is 4.79 Å². The first kappa shape index (κ1) is 16.6. The normalized spacial score (nSPS) is 22.3. The second kappa shape index (κ2) is 6.68. The zero-order chi connectivity index (χ0) is 17.2. The highest BCUT2D eigenvalue weighted by atomic mass is 16.5. The monoisotopic (exact) mass is 323 g/mol. The number of carbonyl (C=O) groups is 1. The Morgan fingerprint density at radius 3 is 2.33 bits per heavy atom. The number of hydrogen-bond acceptors (Lipinski definition) is 2. The number of hydrogen-bond donors (Lipinski definition) is 0. The molecule has 1 heterocycles. The molecule has 0 N–H and O–H groups in total. The van der Waals surface area contributed by atoms with Gasteiger partial charge in [-0.25, -0.2) is 0 Å². The van der Waals surface area contributed by atoms with E-state index in [-0.39, 0.29) is 17.4 Å². The number of piperidine rings is 1. The number of ether oxygens (including phenoxy) is 1. The fourth-order valence-electron chi connectivity index (χ4n) is 3.57. The van der Waals surface area contributed by atoms with Crippen LogP contribution in [0.5, 0.6) is 5.75 Å². The van der Waals surface area contributed by atoms with Crippen molar-refractivity contribution in [1.29, 1.82) is 0 Å². The average Bonchev–Trinajstić information content (AvgIpc) is 2.62. The van der Waals surface area contributed by atoms with Crippen LogP contribution in [-0.4, -0.2) is 24.5 Å². The first-order valence-corrected chi connectivity index (χ1v) is 8.52. The summed E-state index contributed by atoms with van der Waals surface area (Å²) in [7, 11) is 1.66. The lowest BCUT2D eigenvalue weighted by Crippen LogP contribution is -2.45. The van der Waals surface area contributed by atoms with Crippen LogP contribution >= 0.6 is 0 Å². The van der Waals surface area contributed by atoms with Crippen molar-refractivity contribution in [3.05, 3.63) is 65.7 Å². The Labute approximate surface area is 144 Å². The highest BCUT2D eigenvalue weighted by Crippen LogP contribution is 2.38. The molecule has 1 saturated heterocycles. The smallest absolute Gasteiger partial charge is 0.223 e. The van der Waals surface area contributed by atoms with Gasteiger partial charge >= 0.3 is 0 Å². The topological polar surface area (TPSA) is 29.5 Å². The Morgan fingerprint density at radius 1 is 1.08 bits per heavy atom. The summed E-state index contributed by atoms with van der Waals surface area (Å²) in [5, 5.41) is 0. The van der Waals surface area contributed by atoms with Crippen molar-refractivity contribution < 1.29 is 9.53 Å². The molecule has 3 rings (SSSR count). The van der Waals surface area contributed by atoms with Gasteiger partial charge in [0.1, 0.15) is 5.75 Å². The third kappa shape index (κ3) is 3.16. The maximum absolute atomic E-state index is 12.8. The molecular weight excluding hydrogens is 298 g/mol. The standard InChI is InChI=1S/C21H25NO2/c1-16(17-9-11-19(24-3)12-10-17)22-14-13-21(2,15-20(22)23)18-7-5-4-6-8-18/h4-12,16H,13-15H2,1-3H3/t16-,21?/m0/s1. The lowest BCUT2D eigenvalue weighted by Gasteiger charge is -2.42. The second-order valence-electron chi connectivity index (χ2n) is 6.89. The Balaban J connectivity index is 1.74. The van der Waals surface area contributed by atoms with Crippen molar-refractivity contribution in [2.45, 2.75) is 38.1 Å². The predicted octanol–water partition coefficient (Wildman–Crippen LogP) is 4.34. The highest BCUT2D eigenvalue weighted by Gasteiger charge is 2.38. The lowest BCUT2D eigenvalue weighted by atomic mass is 9.74. The van der Waals surface area contributed by atoms with E-state index in [1.165, 1.54) is 5.56 Å². The van der Waals surface area contributed by atoms with E-state index in [0.717, 1.165) is 24.3 Å². The molecule has 1 aliphatic rings. The molecule has 0 aliphatic carbocycles. The van der Waals surface area contributed by atoms with Crippen molar-refractivity contribution in [3.63, 3.8) is 0 Å². The molecule has 2 aromatic rings. The third-order valence-electron chi connectivity index (χ3n) is 5.30. The van der Waals surface area contributed by atoms with Gasteiger partial charge in [0.25, 0.3) is 0 Å². The van der Waals surface area contributed by atoms with E-state index < -0.39 is 0 Å². The fraction of sp³-hybridized carbons (Fsp3) is 0.381. The Kier molecular flexibility index (Phi) is 4.61. The molecule has 0 spiro atoms. The summed E-state index contributed by atoms with van der Waals surface area (Å²) in [6.07, 6.45) is 1.56. The summed E-state index contributed by atoms with van der Waals surface area (Å²) < 4.78 is 5.21. The third-order valence-corrected chi connectivity index (χ3v) is 5.30. The molecular formula is C21H25NO2. The van der Waals surface area contributed by atoms with Gasteiger partial charge in [0.2, 0.25) is 5.91 Å². The van der Waals surface area contributed by atoms with E-state index in [0.29, 0.717) is 6.42 Å². The Bertz CT molecular complexity index is 696. The number of methoxy groups -OCH3 is 1. The zero-order valence-electron chi connectivity index (χ0n) is 14.7. The molecule has 0 bridgehead atoms. The van der Waals surface area contributed by atoms with Gasteiger partial charge in [-0.05, 0) is 36.6 Å². The SMILES string of the molecule is COc1ccc([C@H](C)N2CCC(C)(c3ccccc3)CC2=O)cc1. The number of nitrogens with zero attached hydrogens (tertiary/aromatic N) is 1. The van der Waals surface area contributed by atoms with Gasteiger partial charge in [-0.1, -0.05) is 49.4 Å². The number of rotatable bonds is 4. The minimum Gasteiger partial charge on any atom is -0.497 e. The summed E-state index contributed by atoms with van der Waals surface area (Å²) >= 11 is 0. The average molecular weight is 323 g/mol. The van der Waals surface area contributed by atoms with E-state index in [1.54, 1.807) is 7.11 Å². The Hall–Kier alpha value is -2.29. The molecule has 126 valence electrons. The van der Waals surface area contributed by atoms with Crippen LogP contribution < -0.4 is 4.74 Å². The second-order valence-corrected chi connectivity index (χ2v) is 6.89. The van der Waals surface area contributed by atoms with Crippen molar-refractivity contribution >= 4 is 5.91 Å². The molecule has 3 nitrogen and oxygen atoms in total. The van der Waals surface area contributed by atoms with Crippen molar-refractivity contribution in [3.8, 4) is 5.75 Å². The van der Waals surface area contributed by atoms with E-state index in [4.69, 9.17) is 4.74 Å². The van der Waals surface area contributed by atoms with Crippen molar-refractivity contribution in [2.75, 3.05) is 13.7 Å². The summed E-state index contributed by atoms with van der Waals surface area (Å²) in [6, 6.07) is 18.5. The van der Waals surface area contributed by atoms with Gasteiger partial charge in [0.15, 0.2) is 0 Å². The van der Waals surface area contributed by atoms with Gasteiger partial charge in [0.05, 0.1) is 13.2 Å². The van der Waals surface area contributed by atoms with Crippen molar-refractivity contribution in [2.24, 2.45) is 0 Å². The lowest BCUT2D eigenvalue weighted by molar-refractivity contribution is -0.138. The quantitative estimate of drug-likeness (QED) is 0.838. The maximum atomic E-state index is 12.8. The van der Waals surface area contributed by atoms with Gasteiger partial charge in [-0.3, -0.25) is 4.79 Å². The summed E-state index contributed by atoms with van der Waals surface area (Å²) in [6.45, 7) is 5.10. The van der Waals surface area contributed by atoms with Crippen LogP contribution in [0.4, 0.5) is 0 Å². The van der Waals surface area contributed by atoms with E-state index in [2.05, 4.69) is 38.1 Å². The summed E-state index contributed by atoms with van der Waals surface area (Å²) in [5.74, 6) is 1.07. The molecule has 0 radical (unpaired) electrons. The van der Waals surface area contributed by atoms with Crippen LogP contribution in [0.2, 0.25) is 0 Å². The maximum Gasteiger partial charge on any atom is 0.223 e. The highest BCUT2D eigenvalue weighted by molar-refractivity contribution is 5.79. The number of likely N-dealkylation sites (tertiary alicyclic amines) is 1. The molecule has 1 fully saturated rings. The number of amides is 1. The molecule has 1 amide bonds. The molecule has 0 saturated carbocycles. The molecule has 3 heteroatoms. The molecule has 1 unspecified atom stereocenters. The van der Waals surface area contributed by atoms with E-state index >= 15 is 0 Å². The van der Waals surface area contributed by atoms with Gasteiger partial charge in [-0.15, -0.1) is 0 Å². The van der Waals surface area contributed by atoms with Crippen LogP contribution in [0.3, 0.4) is 0 Å². The van der Waals surface area contributed by atoms with Crippen molar-refractivity contribution in [1.82, 2.24) is 4.90 Å². The zero-order valence-corrected chi connectivity index (χ0v) is 14.7. The largest absolute Gasteiger partial charge is 0.497 e.